The average Bonchev–Trinajstić information content (AvgIpc) is 2.54. The van der Waals surface area contributed by atoms with Crippen molar-refractivity contribution in [2.75, 3.05) is 13.7 Å². The van der Waals surface area contributed by atoms with Crippen LogP contribution in [0.15, 0.2) is 36.1 Å². The molecular weight excluding hydrogens is 316 g/mol. The standard InChI is InChI=1S/C16H24N2O6/c1-7-12(24-8-2)10-9-11(3)14(19)17-13(15(20)23-6)16(4,5)18(21)22/h7,9-10,13H,1,8H2,2-6H3,(H,17,19)/b11-9+,12-10+. The van der Waals surface area contributed by atoms with Crippen LogP contribution in [-0.2, 0) is 19.1 Å². The van der Waals surface area contributed by atoms with E-state index in [2.05, 4.69) is 16.6 Å². The summed E-state index contributed by atoms with van der Waals surface area (Å²) >= 11 is 0. The second-order valence-corrected chi connectivity index (χ2v) is 5.40. The number of ether oxygens (including phenoxy) is 2. The molecule has 0 spiro atoms. The first-order valence-electron chi connectivity index (χ1n) is 7.28. The van der Waals surface area contributed by atoms with Crippen LogP contribution in [0.25, 0.3) is 0 Å². The molecular formula is C16H24N2O6. The number of rotatable bonds is 9. The summed E-state index contributed by atoms with van der Waals surface area (Å²) in [5.74, 6) is -1.05. The van der Waals surface area contributed by atoms with Crippen molar-refractivity contribution >= 4 is 11.9 Å². The molecule has 0 aromatic carbocycles. The molecule has 1 atom stereocenters. The highest BCUT2D eigenvalue weighted by Gasteiger charge is 2.47. The summed E-state index contributed by atoms with van der Waals surface area (Å²) in [6.07, 6.45) is 4.49. The van der Waals surface area contributed by atoms with Crippen LogP contribution in [0.5, 0.6) is 0 Å². The second kappa shape index (κ2) is 9.49. The number of methoxy groups -OCH3 is 1. The SMILES string of the molecule is C=C/C(=C\C=C(/C)C(=O)NC(C(=O)OC)C(C)(C)[N+](=O)[O-])OCC. The minimum Gasteiger partial charge on any atom is -0.494 e. The van der Waals surface area contributed by atoms with Crippen LogP contribution in [0.1, 0.15) is 27.7 Å². The first-order valence-corrected chi connectivity index (χ1v) is 7.28. The van der Waals surface area contributed by atoms with Crippen molar-refractivity contribution in [2.24, 2.45) is 0 Å². The quantitative estimate of drug-likeness (QED) is 0.171. The van der Waals surface area contributed by atoms with E-state index >= 15 is 0 Å². The van der Waals surface area contributed by atoms with E-state index in [1.165, 1.54) is 39.0 Å². The number of esters is 1. The third-order valence-corrected chi connectivity index (χ3v) is 3.26. The largest absolute Gasteiger partial charge is 0.494 e. The van der Waals surface area contributed by atoms with Gasteiger partial charge in [0.2, 0.25) is 11.4 Å². The van der Waals surface area contributed by atoms with E-state index in [0.29, 0.717) is 12.4 Å². The number of amides is 1. The molecule has 0 bridgehead atoms. The highest BCUT2D eigenvalue weighted by atomic mass is 16.6. The topological polar surface area (TPSA) is 108 Å². The summed E-state index contributed by atoms with van der Waals surface area (Å²) < 4.78 is 9.80. The minimum absolute atomic E-state index is 0.238. The van der Waals surface area contributed by atoms with Gasteiger partial charge in [-0.15, -0.1) is 0 Å². The van der Waals surface area contributed by atoms with Crippen molar-refractivity contribution in [2.45, 2.75) is 39.3 Å². The normalized spacial score (nSPS) is 13.7. The third kappa shape index (κ3) is 5.86. The van der Waals surface area contributed by atoms with Gasteiger partial charge in [0, 0.05) is 24.3 Å². The van der Waals surface area contributed by atoms with E-state index in [-0.39, 0.29) is 5.57 Å². The molecule has 134 valence electrons. The molecule has 0 saturated heterocycles. The maximum atomic E-state index is 12.2. The predicted octanol–water partition coefficient (Wildman–Crippen LogP) is 1.75. The summed E-state index contributed by atoms with van der Waals surface area (Å²) in [5, 5.41) is 13.5. The van der Waals surface area contributed by atoms with Crippen LogP contribution in [0.3, 0.4) is 0 Å². The third-order valence-electron chi connectivity index (χ3n) is 3.26. The van der Waals surface area contributed by atoms with Gasteiger partial charge in [0.1, 0.15) is 5.76 Å². The molecule has 0 rings (SSSR count). The molecule has 1 N–H and O–H groups in total. The van der Waals surface area contributed by atoms with Gasteiger partial charge in [-0.3, -0.25) is 14.9 Å². The van der Waals surface area contributed by atoms with E-state index in [1.54, 1.807) is 6.92 Å². The number of nitrogens with one attached hydrogen (secondary N) is 1. The highest BCUT2D eigenvalue weighted by molar-refractivity contribution is 5.96. The Morgan fingerprint density at radius 2 is 1.96 bits per heavy atom. The Balaban J connectivity index is 5.36. The van der Waals surface area contributed by atoms with Crippen molar-refractivity contribution in [3.05, 3.63) is 46.3 Å². The summed E-state index contributed by atoms with van der Waals surface area (Å²) in [7, 11) is 1.10. The van der Waals surface area contributed by atoms with Crippen molar-refractivity contribution in [1.82, 2.24) is 5.32 Å². The average molecular weight is 340 g/mol. The molecule has 8 nitrogen and oxygen atoms in total. The Morgan fingerprint density at radius 1 is 1.38 bits per heavy atom. The van der Waals surface area contributed by atoms with Gasteiger partial charge in [-0.1, -0.05) is 12.7 Å². The van der Waals surface area contributed by atoms with Crippen LogP contribution in [-0.4, -0.2) is 42.1 Å². The molecule has 0 aliphatic carbocycles. The van der Waals surface area contributed by atoms with Crippen molar-refractivity contribution in [3.63, 3.8) is 0 Å². The molecule has 1 amide bonds. The molecule has 1 unspecified atom stereocenters. The lowest BCUT2D eigenvalue weighted by molar-refractivity contribution is -0.562. The summed E-state index contributed by atoms with van der Waals surface area (Å²) in [6, 6.07) is -1.43. The van der Waals surface area contributed by atoms with Crippen LogP contribution in [0, 0.1) is 10.1 Å². The molecule has 0 fully saturated rings. The number of hydrogen-bond acceptors (Lipinski definition) is 6. The Morgan fingerprint density at radius 3 is 2.38 bits per heavy atom. The van der Waals surface area contributed by atoms with Crippen molar-refractivity contribution in [1.29, 1.82) is 0 Å². The lowest BCUT2D eigenvalue weighted by Gasteiger charge is -2.25. The number of nitro groups is 1. The zero-order valence-corrected chi connectivity index (χ0v) is 14.6. The second-order valence-electron chi connectivity index (χ2n) is 5.40. The van der Waals surface area contributed by atoms with Crippen LogP contribution in [0.4, 0.5) is 0 Å². The lowest BCUT2D eigenvalue weighted by Crippen LogP contribution is -2.58. The first-order chi connectivity index (χ1) is 11.1. The summed E-state index contributed by atoms with van der Waals surface area (Å²) in [6.45, 7) is 9.80. The Bertz CT molecular complexity index is 563. The van der Waals surface area contributed by atoms with Crippen molar-refractivity contribution in [3.8, 4) is 0 Å². The smallest absolute Gasteiger partial charge is 0.335 e. The van der Waals surface area contributed by atoms with Gasteiger partial charge in [-0.05, 0) is 26.0 Å². The van der Waals surface area contributed by atoms with Crippen molar-refractivity contribution < 1.29 is 24.0 Å². The molecule has 0 aliphatic rings. The number of carbonyl (C=O) groups is 2. The monoisotopic (exact) mass is 340 g/mol. The number of hydrogen-bond donors (Lipinski definition) is 1. The fraction of sp³-hybridized carbons (Fsp3) is 0.500. The van der Waals surface area contributed by atoms with Gasteiger partial charge < -0.3 is 14.8 Å². The number of allylic oxidation sites excluding steroid dienone is 3. The predicted molar refractivity (Wildman–Crippen MR) is 88.7 cm³/mol. The van der Waals surface area contributed by atoms with Gasteiger partial charge in [0.25, 0.3) is 0 Å². The Hall–Kier alpha value is -2.64. The van der Waals surface area contributed by atoms with E-state index in [4.69, 9.17) is 4.74 Å². The highest BCUT2D eigenvalue weighted by Crippen LogP contribution is 2.16. The minimum atomic E-state index is -1.73. The molecule has 0 aromatic rings. The van der Waals surface area contributed by atoms with Gasteiger partial charge >= 0.3 is 5.97 Å². The molecule has 0 saturated carbocycles. The first kappa shape index (κ1) is 21.4. The Labute approximate surface area is 141 Å². The molecule has 0 heterocycles. The molecule has 8 heteroatoms. The molecule has 0 aromatic heterocycles. The molecule has 24 heavy (non-hydrogen) atoms. The zero-order chi connectivity index (χ0) is 18.9. The van der Waals surface area contributed by atoms with Crippen LogP contribution in [0.2, 0.25) is 0 Å². The van der Waals surface area contributed by atoms with Gasteiger partial charge in [0.15, 0.2) is 6.04 Å². The van der Waals surface area contributed by atoms with Crippen LogP contribution >= 0.6 is 0 Å². The van der Waals surface area contributed by atoms with E-state index in [9.17, 15) is 19.7 Å². The number of nitrogens with zero attached hydrogens (tertiary/aromatic N) is 1. The van der Waals surface area contributed by atoms with Gasteiger partial charge in [0.05, 0.1) is 13.7 Å². The van der Waals surface area contributed by atoms with Gasteiger partial charge in [-0.25, -0.2) is 4.79 Å². The van der Waals surface area contributed by atoms with E-state index < -0.39 is 28.4 Å². The summed E-state index contributed by atoms with van der Waals surface area (Å²) in [5.41, 5.74) is -1.49. The fourth-order valence-corrected chi connectivity index (χ4v) is 1.62. The van der Waals surface area contributed by atoms with Crippen LogP contribution < -0.4 is 5.32 Å². The van der Waals surface area contributed by atoms with E-state index in [1.807, 2.05) is 0 Å². The maximum Gasteiger partial charge on any atom is 0.335 e. The van der Waals surface area contributed by atoms with E-state index in [0.717, 1.165) is 7.11 Å². The maximum absolute atomic E-state index is 12.2. The molecule has 0 aliphatic heterocycles. The fourth-order valence-electron chi connectivity index (χ4n) is 1.62. The molecule has 0 radical (unpaired) electrons. The zero-order valence-electron chi connectivity index (χ0n) is 14.6. The van der Waals surface area contributed by atoms with Gasteiger partial charge in [-0.2, -0.15) is 0 Å². The number of carbonyl (C=O) groups excluding carboxylic acids is 2. The summed E-state index contributed by atoms with van der Waals surface area (Å²) in [4.78, 5) is 34.5. The Kier molecular flexibility index (Phi) is 8.44. The lowest BCUT2D eigenvalue weighted by atomic mass is 9.95.